The van der Waals surface area contributed by atoms with Crippen molar-refractivity contribution in [3.05, 3.63) is 77.9 Å². The lowest BCUT2D eigenvalue weighted by molar-refractivity contribution is 0.0958. The smallest absolute Gasteiger partial charge is 0.272 e. The number of hydrogen-bond donors (Lipinski definition) is 3. The lowest BCUT2D eigenvalue weighted by Crippen LogP contribution is -2.46. The van der Waals surface area contributed by atoms with Crippen LogP contribution >= 0.6 is 0 Å². The highest BCUT2D eigenvalue weighted by Crippen LogP contribution is 2.26. The summed E-state index contributed by atoms with van der Waals surface area (Å²) in [6.45, 7) is 4.21. The van der Waals surface area contributed by atoms with E-state index in [-0.39, 0.29) is 11.4 Å². The minimum absolute atomic E-state index is 0.0719. The summed E-state index contributed by atoms with van der Waals surface area (Å²) in [5.74, 6) is -0.350. The van der Waals surface area contributed by atoms with Crippen molar-refractivity contribution in [2.24, 2.45) is 0 Å². The van der Waals surface area contributed by atoms with Crippen molar-refractivity contribution in [3.63, 3.8) is 0 Å². The molecule has 0 saturated carbocycles. The van der Waals surface area contributed by atoms with Crippen LogP contribution in [0.25, 0.3) is 0 Å². The molecule has 2 aromatic carbocycles. The lowest BCUT2D eigenvalue weighted by atomic mass is 10.2. The van der Waals surface area contributed by atoms with Gasteiger partial charge < -0.3 is 10.6 Å². The fourth-order valence-corrected chi connectivity index (χ4v) is 3.53. The third-order valence-electron chi connectivity index (χ3n) is 5.20. The summed E-state index contributed by atoms with van der Waals surface area (Å²) >= 11 is 0. The molecular weight excluding hydrogens is 397 g/mol. The molecule has 1 aromatic heterocycles. The van der Waals surface area contributed by atoms with Gasteiger partial charge in [0.05, 0.1) is 5.56 Å². The number of carbonyl (C=O) groups is 1. The zero-order valence-corrected chi connectivity index (χ0v) is 17.0. The van der Waals surface area contributed by atoms with Gasteiger partial charge in [0.2, 0.25) is 0 Å². The predicted octanol–water partition coefficient (Wildman–Crippen LogP) is 2.28. The summed E-state index contributed by atoms with van der Waals surface area (Å²) < 4.78 is 13.8. The summed E-state index contributed by atoms with van der Waals surface area (Å²) in [5, 5.41) is 0. The Balaban J connectivity index is 1.37. The zero-order valence-electron chi connectivity index (χ0n) is 17.0. The van der Waals surface area contributed by atoms with Gasteiger partial charge in [-0.1, -0.05) is 42.5 Å². The van der Waals surface area contributed by atoms with Crippen molar-refractivity contribution in [2.75, 3.05) is 42.2 Å². The van der Waals surface area contributed by atoms with Crippen LogP contribution < -0.4 is 21.5 Å². The number of hydrogen-bond acceptors (Lipinski definition) is 7. The van der Waals surface area contributed by atoms with E-state index in [1.807, 2.05) is 18.2 Å². The molecule has 1 aliphatic rings. The number of nitrogens with two attached hydrogens (primary N) is 1. The van der Waals surface area contributed by atoms with Crippen molar-refractivity contribution >= 4 is 23.2 Å². The molecule has 0 bridgehead atoms. The van der Waals surface area contributed by atoms with Crippen molar-refractivity contribution in [1.82, 2.24) is 20.3 Å². The van der Waals surface area contributed by atoms with Crippen molar-refractivity contribution in [3.8, 4) is 0 Å². The Morgan fingerprint density at radius 2 is 1.71 bits per heavy atom. The molecule has 9 heteroatoms. The Kier molecular flexibility index (Phi) is 6.23. The summed E-state index contributed by atoms with van der Waals surface area (Å²) in [5.41, 5.74) is 12.9. The summed E-state index contributed by atoms with van der Waals surface area (Å²) in [4.78, 5) is 25.1. The zero-order chi connectivity index (χ0) is 21.6. The fraction of sp³-hybridized carbons (Fsp3) is 0.227. The van der Waals surface area contributed by atoms with E-state index in [2.05, 4.69) is 42.8 Å². The number of benzene rings is 2. The van der Waals surface area contributed by atoms with Crippen LogP contribution in [0.1, 0.15) is 15.9 Å². The highest BCUT2D eigenvalue weighted by atomic mass is 19.1. The first-order chi connectivity index (χ1) is 15.1. The van der Waals surface area contributed by atoms with Crippen LogP contribution in [0.5, 0.6) is 0 Å². The van der Waals surface area contributed by atoms with E-state index in [9.17, 15) is 9.18 Å². The molecule has 1 saturated heterocycles. The molecule has 1 amide bonds. The molecule has 8 nitrogen and oxygen atoms in total. The second-order valence-electron chi connectivity index (χ2n) is 7.27. The Morgan fingerprint density at radius 1 is 1.00 bits per heavy atom. The predicted molar refractivity (Wildman–Crippen MR) is 118 cm³/mol. The Hall–Kier alpha value is -3.72. The largest absolute Gasteiger partial charge is 0.393 e. The maximum atomic E-state index is 13.8. The van der Waals surface area contributed by atoms with E-state index in [4.69, 9.17) is 5.73 Å². The molecule has 31 heavy (non-hydrogen) atoms. The molecule has 4 N–H and O–H groups in total. The van der Waals surface area contributed by atoms with E-state index < -0.39 is 11.7 Å². The second kappa shape index (κ2) is 9.40. The van der Waals surface area contributed by atoms with Gasteiger partial charge in [-0.25, -0.2) is 14.4 Å². The minimum atomic E-state index is -0.618. The summed E-state index contributed by atoms with van der Waals surface area (Å²) in [6, 6.07) is 16.1. The van der Waals surface area contributed by atoms with Gasteiger partial charge >= 0.3 is 0 Å². The summed E-state index contributed by atoms with van der Waals surface area (Å²) in [7, 11) is 0. The SMILES string of the molecule is Nc1c(NNC(=O)c2ccccc2F)ncnc1N1CCN(Cc2ccccc2)CC1. The van der Waals surface area contributed by atoms with E-state index in [0.29, 0.717) is 11.5 Å². The maximum Gasteiger partial charge on any atom is 0.272 e. The first kappa shape index (κ1) is 20.5. The van der Waals surface area contributed by atoms with Crippen LogP contribution in [-0.4, -0.2) is 47.0 Å². The molecule has 1 aliphatic heterocycles. The van der Waals surface area contributed by atoms with Gasteiger partial charge in [0.1, 0.15) is 17.8 Å². The molecule has 160 valence electrons. The number of nitrogens with zero attached hydrogens (tertiary/aromatic N) is 4. The van der Waals surface area contributed by atoms with Crippen molar-refractivity contribution < 1.29 is 9.18 Å². The van der Waals surface area contributed by atoms with Crippen LogP contribution in [0.4, 0.5) is 21.7 Å². The topological polar surface area (TPSA) is 99.4 Å². The standard InChI is InChI=1S/C22H24FN7O/c23-18-9-5-4-8-17(18)22(31)28-27-20-19(24)21(26-15-25-20)30-12-10-29(11-13-30)14-16-6-2-1-3-7-16/h1-9,15H,10-14,24H2,(H,28,31)(H,25,26,27). The van der Waals surface area contributed by atoms with Crippen LogP contribution in [0.2, 0.25) is 0 Å². The number of hydrazine groups is 1. The van der Waals surface area contributed by atoms with E-state index in [1.54, 1.807) is 6.07 Å². The number of nitrogens with one attached hydrogen (secondary N) is 2. The average Bonchev–Trinajstić information content (AvgIpc) is 2.80. The van der Waals surface area contributed by atoms with Crippen LogP contribution in [-0.2, 0) is 6.54 Å². The Morgan fingerprint density at radius 3 is 2.45 bits per heavy atom. The maximum absolute atomic E-state index is 13.8. The number of amides is 1. The van der Waals surface area contributed by atoms with Crippen LogP contribution in [0.15, 0.2) is 60.9 Å². The third-order valence-corrected chi connectivity index (χ3v) is 5.20. The number of aromatic nitrogens is 2. The van der Waals surface area contributed by atoms with Crippen LogP contribution in [0.3, 0.4) is 0 Å². The lowest BCUT2D eigenvalue weighted by Gasteiger charge is -2.36. The van der Waals surface area contributed by atoms with Gasteiger partial charge in [0, 0.05) is 32.7 Å². The van der Waals surface area contributed by atoms with E-state index >= 15 is 0 Å². The highest BCUT2D eigenvalue weighted by Gasteiger charge is 2.21. The first-order valence-electron chi connectivity index (χ1n) is 10.0. The Bertz CT molecular complexity index is 1040. The van der Waals surface area contributed by atoms with Gasteiger partial charge in [-0.15, -0.1) is 0 Å². The molecule has 4 rings (SSSR count). The fourth-order valence-electron chi connectivity index (χ4n) is 3.53. The third kappa shape index (κ3) is 4.89. The van der Waals surface area contributed by atoms with E-state index in [0.717, 1.165) is 32.7 Å². The second-order valence-corrected chi connectivity index (χ2v) is 7.27. The molecule has 0 atom stereocenters. The molecule has 1 fully saturated rings. The molecule has 0 radical (unpaired) electrons. The molecular formula is C22H24FN7O. The number of carbonyl (C=O) groups excluding carboxylic acids is 1. The van der Waals surface area contributed by atoms with Gasteiger partial charge in [0.25, 0.3) is 5.91 Å². The molecule has 2 heterocycles. The van der Waals surface area contributed by atoms with Gasteiger partial charge in [0.15, 0.2) is 11.6 Å². The number of rotatable bonds is 6. The van der Waals surface area contributed by atoms with Crippen molar-refractivity contribution in [1.29, 1.82) is 0 Å². The van der Waals surface area contributed by atoms with E-state index in [1.165, 1.54) is 30.1 Å². The summed E-state index contributed by atoms with van der Waals surface area (Å²) in [6.07, 6.45) is 1.39. The monoisotopic (exact) mass is 421 g/mol. The molecule has 0 spiro atoms. The van der Waals surface area contributed by atoms with Gasteiger partial charge in [-0.05, 0) is 17.7 Å². The van der Waals surface area contributed by atoms with Crippen LogP contribution in [0, 0.1) is 5.82 Å². The van der Waals surface area contributed by atoms with Crippen molar-refractivity contribution in [2.45, 2.75) is 6.54 Å². The Labute approximate surface area is 179 Å². The average molecular weight is 421 g/mol. The number of piperazine rings is 1. The van der Waals surface area contributed by atoms with Gasteiger partial charge in [-0.3, -0.25) is 20.5 Å². The number of halogens is 1. The molecule has 3 aromatic rings. The molecule has 0 aliphatic carbocycles. The molecule has 0 unspecified atom stereocenters. The minimum Gasteiger partial charge on any atom is -0.393 e. The van der Waals surface area contributed by atoms with Gasteiger partial charge in [-0.2, -0.15) is 0 Å². The number of nitrogen functional groups attached to an aromatic ring is 1. The first-order valence-corrected chi connectivity index (χ1v) is 10.0. The normalized spacial score (nSPS) is 14.3. The quantitative estimate of drug-likeness (QED) is 0.525. The highest BCUT2D eigenvalue weighted by molar-refractivity contribution is 5.95. The number of anilines is 3.